The lowest BCUT2D eigenvalue weighted by atomic mass is 10.2. The predicted molar refractivity (Wildman–Crippen MR) is 54.0 cm³/mol. The molecule has 0 amide bonds. The molecule has 1 aromatic rings. The van der Waals surface area contributed by atoms with E-state index < -0.39 is 0 Å². The number of hydrogen-bond acceptors (Lipinski definition) is 3. The van der Waals surface area contributed by atoms with Gasteiger partial charge in [0.05, 0.1) is 19.3 Å². The Morgan fingerprint density at radius 1 is 1.43 bits per heavy atom. The van der Waals surface area contributed by atoms with Gasteiger partial charge >= 0.3 is 0 Å². The lowest BCUT2D eigenvalue weighted by molar-refractivity contribution is 0.142. The van der Waals surface area contributed by atoms with Crippen molar-refractivity contribution >= 4 is 0 Å². The van der Waals surface area contributed by atoms with Crippen LogP contribution in [0.4, 0.5) is 0 Å². The summed E-state index contributed by atoms with van der Waals surface area (Å²) in [6.07, 6.45) is 1.28. The van der Waals surface area contributed by atoms with Crippen molar-refractivity contribution in [1.29, 1.82) is 5.26 Å². The molecule has 1 aromatic carbocycles. The van der Waals surface area contributed by atoms with Crippen LogP contribution in [0.5, 0.6) is 0 Å². The topological polar surface area (TPSA) is 59.0 Å². The fraction of sp³-hybridized carbons (Fsp3) is 0.182. The van der Waals surface area contributed by atoms with Crippen molar-refractivity contribution in [2.75, 3.05) is 6.61 Å². The third-order valence-electron chi connectivity index (χ3n) is 1.63. The second kappa shape index (κ2) is 5.79. The molecule has 0 unspecified atom stereocenters. The van der Waals surface area contributed by atoms with Gasteiger partial charge in [0, 0.05) is 11.8 Å². The first kappa shape index (κ1) is 10.3. The van der Waals surface area contributed by atoms with Crippen molar-refractivity contribution in [3.8, 4) is 6.07 Å². The molecular weight excluding hydrogens is 176 g/mol. The molecule has 3 heteroatoms. The van der Waals surface area contributed by atoms with Crippen LogP contribution in [-0.2, 0) is 11.3 Å². The summed E-state index contributed by atoms with van der Waals surface area (Å²) in [6, 6.07) is 11.7. The molecular formula is C11H12N2O. The number of nitrogens with zero attached hydrogens (tertiary/aromatic N) is 1. The van der Waals surface area contributed by atoms with Crippen LogP contribution in [0.1, 0.15) is 5.56 Å². The summed E-state index contributed by atoms with van der Waals surface area (Å²) >= 11 is 0. The molecule has 0 saturated carbocycles. The van der Waals surface area contributed by atoms with Crippen LogP contribution in [0.25, 0.3) is 0 Å². The normalized spacial score (nSPS) is 10.9. The molecule has 0 aliphatic carbocycles. The molecule has 3 nitrogen and oxygen atoms in total. The molecule has 0 bridgehead atoms. The smallest absolute Gasteiger partial charge is 0.0931 e. The zero-order valence-corrected chi connectivity index (χ0v) is 7.81. The van der Waals surface area contributed by atoms with Crippen LogP contribution in [0, 0.1) is 11.3 Å². The number of rotatable bonds is 4. The Balaban J connectivity index is 2.30. The number of allylic oxidation sites excluding steroid dienone is 1. The highest BCUT2D eigenvalue weighted by Crippen LogP contribution is 2.00. The molecule has 0 spiro atoms. The second-order valence-electron chi connectivity index (χ2n) is 2.83. The van der Waals surface area contributed by atoms with E-state index in [1.54, 1.807) is 0 Å². The first-order valence-electron chi connectivity index (χ1n) is 4.28. The van der Waals surface area contributed by atoms with Gasteiger partial charge in [-0.2, -0.15) is 5.26 Å². The number of nitrogens with two attached hydrogens (primary N) is 1. The standard InChI is InChI=1S/C11H12N2O/c12-7-6-11(13)9-14-8-10-4-2-1-3-5-10/h1-6H,8-9,13H2/b11-6+. The molecule has 0 radical (unpaired) electrons. The van der Waals surface area contributed by atoms with E-state index in [1.807, 2.05) is 36.4 Å². The van der Waals surface area contributed by atoms with Crippen LogP contribution in [0.2, 0.25) is 0 Å². The van der Waals surface area contributed by atoms with E-state index in [0.29, 0.717) is 18.9 Å². The Morgan fingerprint density at radius 3 is 2.79 bits per heavy atom. The summed E-state index contributed by atoms with van der Waals surface area (Å²) in [5.41, 5.74) is 7.00. The van der Waals surface area contributed by atoms with Crippen molar-refractivity contribution in [2.24, 2.45) is 5.73 Å². The molecule has 0 fully saturated rings. The number of nitriles is 1. The molecule has 0 aliphatic rings. The highest BCUT2D eigenvalue weighted by Gasteiger charge is 1.92. The summed E-state index contributed by atoms with van der Waals surface area (Å²) in [5.74, 6) is 0. The van der Waals surface area contributed by atoms with E-state index in [4.69, 9.17) is 15.7 Å². The fourth-order valence-electron chi connectivity index (χ4n) is 0.986. The minimum Gasteiger partial charge on any atom is -0.400 e. The second-order valence-corrected chi connectivity index (χ2v) is 2.83. The van der Waals surface area contributed by atoms with Gasteiger partial charge < -0.3 is 10.5 Å². The average Bonchev–Trinajstić information content (AvgIpc) is 2.20. The van der Waals surface area contributed by atoms with Crippen LogP contribution in [0.15, 0.2) is 42.1 Å². The molecule has 0 saturated heterocycles. The largest absolute Gasteiger partial charge is 0.400 e. The summed E-state index contributed by atoms with van der Waals surface area (Å²) in [4.78, 5) is 0. The van der Waals surface area contributed by atoms with Crippen LogP contribution < -0.4 is 5.73 Å². The Kier molecular flexibility index (Phi) is 4.25. The molecule has 0 heterocycles. The quantitative estimate of drug-likeness (QED) is 0.729. The Hall–Kier alpha value is -1.79. The summed E-state index contributed by atoms with van der Waals surface area (Å²) < 4.78 is 5.29. The molecule has 0 aromatic heterocycles. The van der Waals surface area contributed by atoms with Crippen molar-refractivity contribution < 1.29 is 4.74 Å². The number of hydrogen-bond donors (Lipinski definition) is 1. The van der Waals surface area contributed by atoms with Gasteiger partial charge in [0.1, 0.15) is 0 Å². The molecule has 0 aliphatic heterocycles. The third-order valence-corrected chi connectivity index (χ3v) is 1.63. The highest BCUT2D eigenvalue weighted by molar-refractivity contribution is 5.14. The average molecular weight is 188 g/mol. The van der Waals surface area contributed by atoms with E-state index in [1.165, 1.54) is 6.08 Å². The van der Waals surface area contributed by atoms with Gasteiger partial charge in [-0.3, -0.25) is 0 Å². The van der Waals surface area contributed by atoms with E-state index >= 15 is 0 Å². The van der Waals surface area contributed by atoms with E-state index in [9.17, 15) is 0 Å². The lowest BCUT2D eigenvalue weighted by Crippen LogP contribution is -2.06. The summed E-state index contributed by atoms with van der Waals surface area (Å²) in [5, 5.41) is 8.29. The van der Waals surface area contributed by atoms with Gasteiger partial charge in [-0.05, 0) is 5.56 Å². The van der Waals surface area contributed by atoms with Gasteiger partial charge in [-0.25, -0.2) is 0 Å². The molecule has 0 atom stereocenters. The minimum atomic E-state index is 0.294. The number of benzene rings is 1. The van der Waals surface area contributed by atoms with Gasteiger partial charge in [-0.1, -0.05) is 30.3 Å². The van der Waals surface area contributed by atoms with Crippen molar-refractivity contribution in [2.45, 2.75) is 6.61 Å². The first-order valence-corrected chi connectivity index (χ1v) is 4.28. The Bertz CT molecular complexity index is 338. The van der Waals surface area contributed by atoms with Crippen molar-refractivity contribution in [1.82, 2.24) is 0 Å². The van der Waals surface area contributed by atoms with Gasteiger partial charge in [-0.15, -0.1) is 0 Å². The van der Waals surface area contributed by atoms with Gasteiger partial charge in [0.15, 0.2) is 0 Å². The van der Waals surface area contributed by atoms with E-state index in [2.05, 4.69) is 0 Å². The number of ether oxygens (including phenoxy) is 1. The monoisotopic (exact) mass is 188 g/mol. The predicted octanol–water partition coefficient (Wildman–Crippen LogP) is 1.57. The zero-order valence-electron chi connectivity index (χ0n) is 7.81. The lowest BCUT2D eigenvalue weighted by Gasteiger charge is -2.03. The summed E-state index contributed by atoms with van der Waals surface area (Å²) in [7, 11) is 0. The van der Waals surface area contributed by atoms with E-state index in [-0.39, 0.29) is 0 Å². The van der Waals surface area contributed by atoms with E-state index in [0.717, 1.165) is 5.56 Å². The third kappa shape index (κ3) is 3.74. The fourth-order valence-corrected chi connectivity index (χ4v) is 0.986. The van der Waals surface area contributed by atoms with Crippen LogP contribution in [-0.4, -0.2) is 6.61 Å². The SMILES string of the molecule is N#C/C=C(/N)COCc1ccccc1. The van der Waals surface area contributed by atoms with Gasteiger partial charge in [0.25, 0.3) is 0 Å². The zero-order chi connectivity index (χ0) is 10.2. The molecule has 72 valence electrons. The Morgan fingerprint density at radius 2 is 2.14 bits per heavy atom. The van der Waals surface area contributed by atoms with Crippen molar-refractivity contribution in [3.63, 3.8) is 0 Å². The van der Waals surface area contributed by atoms with Crippen molar-refractivity contribution in [3.05, 3.63) is 47.7 Å². The van der Waals surface area contributed by atoms with Crippen LogP contribution in [0.3, 0.4) is 0 Å². The Labute approximate surface area is 83.4 Å². The molecule has 2 N–H and O–H groups in total. The maximum Gasteiger partial charge on any atom is 0.0931 e. The minimum absolute atomic E-state index is 0.294. The highest BCUT2D eigenvalue weighted by atomic mass is 16.5. The maximum atomic E-state index is 8.29. The molecule has 14 heavy (non-hydrogen) atoms. The summed E-state index contributed by atoms with van der Waals surface area (Å²) in [6.45, 7) is 0.809. The maximum absolute atomic E-state index is 8.29. The first-order chi connectivity index (χ1) is 6.83. The van der Waals surface area contributed by atoms with Gasteiger partial charge in [0.2, 0.25) is 0 Å². The van der Waals surface area contributed by atoms with Crippen LogP contribution >= 0.6 is 0 Å². The molecule has 1 rings (SSSR count).